The van der Waals surface area contributed by atoms with Crippen molar-refractivity contribution in [3.63, 3.8) is 0 Å². The van der Waals surface area contributed by atoms with Crippen LogP contribution in [0.1, 0.15) is 17.5 Å². The Balaban J connectivity index is 1.81. The number of benzene rings is 2. The zero-order valence-corrected chi connectivity index (χ0v) is 11.5. The molecule has 1 aliphatic rings. The number of carbonyl (C=O) groups is 1. The number of fused-ring (bicyclic) bond motifs is 1. The van der Waals surface area contributed by atoms with Crippen LogP contribution in [0.4, 0.5) is 14.5 Å². The Morgan fingerprint density at radius 2 is 1.76 bits per heavy atom. The highest BCUT2D eigenvalue weighted by molar-refractivity contribution is 5.95. The van der Waals surface area contributed by atoms with E-state index in [9.17, 15) is 13.6 Å². The summed E-state index contributed by atoms with van der Waals surface area (Å²) in [7, 11) is 0. The third-order valence-corrected chi connectivity index (χ3v) is 3.73. The molecule has 0 bridgehead atoms. The molecule has 0 N–H and O–H groups in total. The highest BCUT2D eigenvalue weighted by atomic mass is 19.1. The summed E-state index contributed by atoms with van der Waals surface area (Å²) >= 11 is 0. The molecule has 2 aromatic carbocycles. The van der Waals surface area contributed by atoms with Crippen molar-refractivity contribution in [1.29, 1.82) is 0 Å². The molecule has 108 valence electrons. The van der Waals surface area contributed by atoms with Crippen LogP contribution in [0.5, 0.6) is 0 Å². The molecule has 0 radical (unpaired) electrons. The van der Waals surface area contributed by atoms with Gasteiger partial charge in [0.15, 0.2) is 0 Å². The van der Waals surface area contributed by atoms with E-state index in [1.54, 1.807) is 23.1 Å². The molecular weight excluding hydrogens is 272 g/mol. The fourth-order valence-corrected chi connectivity index (χ4v) is 2.70. The number of hydrogen-bond donors (Lipinski definition) is 0. The van der Waals surface area contributed by atoms with Crippen molar-refractivity contribution in [2.45, 2.75) is 19.3 Å². The molecule has 2 nitrogen and oxygen atoms in total. The van der Waals surface area contributed by atoms with Gasteiger partial charge in [0.25, 0.3) is 0 Å². The summed E-state index contributed by atoms with van der Waals surface area (Å²) in [5, 5.41) is 0. The lowest BCUT2D eigenvalue weighted by Gasteiger charge is -2.29. The standard InChI is InChI=1S/C17H15F2NO/c18-14-5-3-12(4-6-14)10-17(21)20-9-1-2-13-11-15(19)7-8-16(13)20/h3-8,11H,1-2,9-10H2. The molecule has 4 heteroatoms. The average Bonchev–Trinajstić information content (AvgIpc) is 2.48. The number of halogens is 2. The van der Waals surface area contributed by atoms with Gasteiger partial charge in [0, 0.05) is 12.2 Å². The Bertz CT molecular complexity index is 667. The Kier molecular flexibility index (Phi) is 3.69. The number of nitrogens with zero attached hydrogens (tertiary/aromatic N) is 1. The SMILES string of the molecule is O=C(Cc1ccc(F)cc1)N1CCCc2cc(F)ccc21. The predicted molar refractivity (Wildman–Crippen MR) is 77.2 cm³/mol. The molecular formula is C17H15F2NO. The fraction of sp³-hybridized carbons (Fsp3) is 0.235. The monoisotopic (exact) mass is 287 g/mol. The molecule has 0 fully saturated rings. The van der Waals surface area contributed by atoms with Gasteiger partial charge in [-0.15, -0.1) is 0 Å². The van der Waals surface area contributed by atoms with E-state index in [1.165, 1.54) is 24.3 Å². The van der Waals surface area contributed by atoms with Crippen molar-refractivity contribution in [3.05, 3.63) is 65.2 Å². The van der Waals surface area contributed by atoms with Gasteiger partial charge in [-0.3, -0.25) is 4.79 Å². The summed E-state index contributed by atoms with van der Waals surface area (Å²) in [4.78, 5) is 14.1. The molecule has 21 heavy (non-hydrogen) atoms. The molecule has 0 aromatic heterocycles. The lowest BCUT2D eigenvalue weighted by atomic mass is 10.0. The molecule has 3 rings (SSSR count). The number of hydrogen-bond acceptors (Lipinski definition) is 1. The van der Waals surface area contributed by atoms with E-state index >= 15 is 0 Å². The maximum atomic E-state index is 13.3. The number of aryl methyl sites for hydroxylation is 1. The van der Waals surface area contributed by atoms with Crippen LogP contribution < -0.4 is 4.90 Å². The van der Waals surface area contributed by atoms with Gasteiger partial charge in [-0.1, -0.05) is 12.1 Å². The van der Waals surface area contributed by atoms with E-state index in [4.69, 9.17) is 0 Å². The van der Waals surface area contributed by atoms with Crippen LogP contribution in [0.15, 0.2) is 42.5 Å². The van der Waals surface area contributed by atoms with Gasteiger partial charge in [-0.05, 0) is 54.3 Å². The van der Waals surface area contributed by atoms with Crippen molar-refractivity contribution < 1.29 is 13.6 Å². The highest BCUT2D eigenvalue weighted by Crippen LogP contribution is 2.28. The second-order valence-corrected chi connectivity index (χ2v) is 5.23. The summed E-state index contributed by atoms with van der Waals surface area (Å²) in [5.74, 6) is -0.638. The van der Waals surface area contributed by atoms with E-state index in [1.807, 2.05) is 0 Å². The van der Waals surface area contributed by atoms with Crippen LogP contribution in [0.25, 0.3) is 0 Å². The third kappa shape index (κ3) is 2.94. The van der Waals surface area contributed by atoms with Crippen LogP contribution >= 0.6 is 0 Å². The van der Waals surface area contributed by atoms with Crippen LogP contribution in [-0.4, -0.2) is 12.5 Å². The summed E-state index contributed by atoms with van der Waals surface area (Å²) in [5.41, 5.74) is 2.43. The minimum atomic E-state index is -0.315. The minimum absolute atomic E-state index is 0.0471. The number of carbonyl (C=O) groups excluding carboxylic acids is 1. The van der Waals surface area contributed by atoms with Crippen molar-refractivity contribution in [3.8, 4) is 0 Å². The predicted octanol–water partition coefficient (Wildman–Crippen LogP) is 3.49. The van der Waals surface area contributed by atoms with Crippen LogP contribution in [-0.2, 0) is 17.6 Å². The molecule has 0 atom stereocenters. The van der Waals surface area contributed by atoms with E-state index in [2.05, 4.69) is 0 Å². The molecule has 1 heterocycles. The van der Waals surface area contributed by atoms with Crippen LogP contribution in [0.3, 0.4) is 0 Å². The van der Waals surface area contributed by atoms with Crippen LogP contribution in [0.2, 0.25) is 0 Å². The Labute approximate surface area is 122 Å². The van der Waals surface area contributed by atoms with Gasteiger partial charge in [-0.2, -0.15) is 0 Å². The summed E-state index contributed by atoms with van der Waals surface area (Å²) in [6.07, 6.45) is 1.83. The number of anilines is 1. The zero-order valence-electron chi connectivity index (χ0n) is 11.5. The first-order valence-corrected chi connectivity index (χ1v) is 6.97. The Morgan fingerprint density at radius 3 is 2.52 bits per heavy atom. The van der Waals surface area contributed by atoms with Crippen molar-refractivity contribution in [2.75, 3.05) is 11.4 Å². The molecule has 1 amide bonds. The van der Waals surface area contributed by atoms with Crippen LogP contribution in [0, 0.1) is 11.6 Å². The maximum Gasteiger partial charge on any atom is 0.231 e. The van der Waals surface area contributed by atoms with Gasteiger partial charge in [-0.25, -0.2) is 8.78 Å². The quantitative estimate of drug-likeness (QED) is 0.828. The number of amides is 1. The first-order valence-electron chi connectivity index (χ1n) is 6.97. The van der Waals surface area contributed by atoms with E-state index in [0.717, 1.165) is 29.7 Å². The Hall–Kier alpha value is -2.23. The molecule has 1 aliphatic heterocycles. The van der Waals surface area contributed by atoms with E-state index in [-0.39, 0.29) is 24.0 Å². The second kappa shape index (κ2) is 5.64. The number of rotatable bonds is 2. The van der Waals surface area contributed by atoms with Gasteiger partial charge < -0.3 is 4.90 Å². The first kappa shape index (κ1) is 13.7. The summed E-state index contributed by atoms with van der Waals surface area (Å²) < 4.78 is 26.2. The average molecular weight is 287 g/mol. The van der Waals surface area contributed by atoms with E-state index in [0.29, 0.717) is 6.54 Å². The molecule has 0 saturated carbocycles. The van der Waals surface area contributed by atoms with Gasteiger partial charge in [0.1, 0.15) is 11.6 Å². The molecule has 0 spiro atoms. The molecule has 2 aromatic rings. The summed E-state index contributed by atoms with van der Waals surface area (Å²) in [6.45, 7) is 0.638. The lowest BCUT2D eigenvalue weighted by molar-refractivity contribution is -0.118. The van der Waals surface area contributed by atoms with Gasteiger partial charge in [0.05, 0.1) is 6.42 Å². The Morgan fingerprint density at radius 1 is 1.05 bits per heavy atom. The van der Waals surface area contributed by atoms with Gasteiger partial charge >= 0.3 is 0 Å². The van der Waals surface area contributed by atoms with Crippen molar-refractivity contribution >= 4 is 11.6 Å². The molecule has 0 aliphatic carbocycles. The van der Waals surface area contributed by atoms with E-state index < -0.39 is 0 Å². The smallest absolute Gasteiger partial charge is 0.231 e. The zero-order chi connectivity index (χ0) is 14.8. The third-order valence-electron chi connectivity index (χ3n) is 3.73. The molecule has 0 unspecified atom stereocenters. The first-order chi connectivity index (χ1) is 10.1. The molecule has 0 saturated heterocycles. The normalized spacial score (nSPS) is 13.9. The minimum Gasteiger partial charge on any atom is -0.312 e. The fourth-order valence-electron chi connectivity index (χ4n) is 2.70. The lowest BCUT2D eigenvalue weighted by Crippen LogP contribution is -2.36. The highest BCUT2D eigenvalue weighted by Gasteiger charge is 2.22. The second-order valence-electron chi connectivity index (χ2n) is 5.23. The van der Waals surface area contributed by atoms with Gasteiger partial charge in [0.2, 0.25) is 5.91 Å². The summed E-state index contributed by atoms with van der Waals surface area (Å²) in [6, 6.07) is 10.5. The maximum absolute atomic E-state index is 13.3. The van der Waals surface area contributed by atoms with Crippen molar-refractivity contribution in [1.82, 2.24) is 0 Å². The van der Waals surface area contributed by atoms with Crippen molar-refractivity contribution in [2.24, 2.45) is 0 Å². The topological polar surface area (TPSA) is 20.3 Å². The largest absolute Gasteiger partial charge is 0.312 e.